The highest BCUT2D eigenvalue weighted by Crippen LogP contribution is 1.98. The van der Waals surface area contributed by atoms with Gasteiger partial charge in [-0.3, -0.25) is 9.59 Å². The topological polar surface area (TPSA) is 124 Å². The molecule has 0 rings (SSSR count). The zero-order valence-corrected chi connectivity index (χ0v) is 9.58. The van der Waals surface area contributed by atoms with Crippen LogP contribution >= 0.6 is 0 Å². The zero-order valence-electron chi connectivity index (χ0n) is 9.58. The molecule has 2 amide bonds. The first-order valence-electron chi connectivity index (χ1n) is 5.60. The maximum absolute atomic E-state index is 11.4. The molecule has 1 unspecified atom stereocenters. The Bertz CT molecular complexity index is 221. The van der Waals surface area contributed by atoms with Gasteiger partial charge in [0.1, 0.15) is 6.04 Å². The van der Waals surface area contributed by atoms with Crippen molar-refractivity contribution >= 4 is 11.8 Å². The van der Waals surface area contributed by atoms with Crippen LogP contribution in [0.5, 0.6) is 0 Å². The second kappa shape index (κ2) is 9.11. The van der Waals surface area contributed by atoms with E-state index in [1.165, 1.54) is 0 Å². The highest BCUT2D eigenvalue weighted by Gasteiger charge is 2.16. The molecule has 94 valence electrons. The molecule has 0 aromatic carbocycles. The van der Waals surface area contributed by atoms with Gasteiger partial charge in [0.2, 0.25) is 11.8 Å². The molecule has 1 atom stereocenters. The Morgan fingerprint density at radius 3 is 2.19 bits per heavy atom. The largest absolute Gasteiger partial charge is 0.368 e. The average molecular weight is 230 g/mol. The van der Waals surface area contributed by atoms with Gasteiger partial charge >= 0.3 is 0 Å². The molecule has 0 fully saturated rings. The van der Waals surface area contributed by atoms with Gasteiger partial charge in [0.25, 0.3) is 0 Å². The summed E-state index contributed by atoms with van der Waals surface area (Å²) in [5.41, 5.74) is 15.8. The summed E-state index contributed by atoms with van der Waals surface area (Å²) in [5, 5.41) is 2.60. The van der Waals surface area contributed by atoms with Gasteiger partial charge in [-0.25, -0.2) is 0 Å². The van der Waals surface area contributed by atoms with Crippen LogP contribution in [0.4, 0.5) is 0 Å². The third kappa shape index (κ3) is 7.19. The number of unbranched alkanes of at least 4 members (excludes halogenated alkanes) is 1. The van der Waals surface area contributed by atoms with E-state index in [4.69, 9.17) is 17.2 Å². The molecule has 0 heterocycles. The van der Waals surface area contributed by atoms with Crippen LogP contribution in [0.2, 0.25) is 0 Å². The Balaban J connectivity index is 3.88. The van der Waals surface area contributed by atoms with Crippen molar-refractivity contribution in [2.24, 2.45) is 17.2 Å². The molecule has 16 heavy (non-hydrogen) atoms. The van der Waals surface area contributed by atoms with Gasteiger partial charge in [-0.2, -0.15) is 0 Å². The number of carbonyl (C=O) groups is 2. The van der Waals surface area contributed by atoms with Crippen LogP contribution in [-0.4, -0.2) is 30.9 Å². The van der Waals surface area contributed by atoms with E-state index < -0.39 is 11.9 Å². The zero-order chi connectivity index (χ0) is 12.4. The van der Waals surface area contributed by atoms with E-state index >= 15 is 0 Å². The molecule has 0 spiro atoms. The number of amides is 2. The number of primary amides is 1. The lowest BCUT2D eigenvalue weighted by atomic mass is 10.1. The van der Waals surface area contributed by atoms with Crippen LogP contribution in [0.3, 0.4) is 0 Å². The van der Waals surface area contributed by atoms with Gasteiger partial charge in [-0.15, -0.1) is 0 Å². The van der Waals surface area contributed by atoms with Gasteiger partial charge in [-0.1, -0.05) is 0 Å². The Morgan fingerprint density at radius 1 is 1.06 bits per heavy atom. The second-order valence-corrected chi connectivity index (χ2v) is 3.70. The Labute approximate surface area is 95.9 Å². The monoisotopic (exact) mass is 230 g/mol. The predicted molar refractivity (Wildman–Crippen MR) is 62.3 cm³/mol. The van der Waals surface area contributed by atoms with Crippen molar-refractivity contribution in [3.63, 3.8) is 0 Å². The van der Waals surface area contributed by atoms with Gasteiger partial charge in [0.15, 0.2) is 0 Å². The summed E-state index contributed by atoms with van der Waals surface area (Å²) in [6, 6.07) is -0.603. The molecule has 0 aromatic heterocycles. The molecule has 6 heteroatoms. The molecule has 0 radical (unpaired) electrons. The molecular weight excluding hydrogens is 208 g/mol. The maximum atomic E-state index is 11.4. The number of rotatable bonds is 9. The van der Waals surface area contributed by atoms with Crippen LogP contribution in [0, 0.1) is 0 Å². The highest BCUT2D eigenvalue weighted by atomic mass is 16.2. The van der Waals surface area contributed by atoms with Crippen LogP contribution in [0.25, 0.3) is 0 Å². The fraction of sp³-hybridized carbons (Fsp3) is 0.800. The van der Waals surface area contributed by atoms with Gasteiger partial charge in [-0.05, 0) is 38.8 Å². The third-order valence-electron chi connectivity index (χ3n) is 2.23. The standard InChI is InChI=1S/C10H22N4O2/c11-6-2-1-5-9(15)14-8(10(13)16)4-3-7-12/h8H,1-7,11-12H2,(H2,13,16)(H,14,15). The first kappa shape index (κ1) is 14.9. The molecular formula is C10H22N4O2. The summed E-state index contributed by atoms with van der Waals surface area (Å²) in [7, 11) is 0. The van der Waals surface area contributed by atoms with E-state index in [9.17, 15) is 9.59 Å². The van der Waals surface area contributed by atoms with Gasteiger partial charge in [0, 0.05) is 6.42 Å². The first-order valence-corrected chi connectivity index (χ1v) is 5.60. The molecule has 6 nitrogen and oxygen atoms in total. The minimum Gasteiger partial charge on any atom is -0.368 e. The minimum atomic E-state index is -0.603. The summed E-state index contributed by atoms with van der Waals surface area (Å²) >= 11 is 0. The van der Waals surface area contributed by atoms with Crippen molar-refractivity contribution < 1.29 is 9.59 Å². The summed E-state index contributed by atoms with van der Waals surface area (Å²) in [6.07, 6.45) is 3.07. The molecule has 0 aliphatic carbocycles. The van der Waals surface area contributed by atoms with Crippen LogP contribution in [0.1, 0.15) is 32.1 Å². The normalized spacial score (nSPS) is 12.1. The van der Waals surface area contributed by atoms with Crippen LogP contribution in [0.15, 0.2) is 0 Å². The van der Waals surface area contributed by atoms with Crippen molar-refractivity contribution in [3.8, 4) is 0 Å². The van der Waals surface area contributed by atoms with E-state index in [-0.39, 0.29) is 5.91 Å². The molecule has 0 aliphatic rings. The fourth-order valence-corrected chi connectivity index (χ4v) is 1.30. The summed E-state index contributed by atoms with van der Waals surface area (Å²) in [6.45, 7) is 1.05. The van der Waals surface area contributed by atoms with Crippen LogP contribution < -0.4 is 22.5 Å². The van der Waals surface area contributed by atoms with Crippen molar-refractivity contribution in [3.05, 3.63) is 0 Å². The lowest BCUT2D eigenvalue weighted by Gasteiger charge is -2.14. The lowest BCUT2D eigenvalue weighted by molar-refractivity contribution is -0.127. The number of carbonyl (C=O) groups excluding carboxylic acids is 2. The van der Waals surface area contributed by atoms with E-state index in [0.717, 1.165) is 12.8 Å². The van der Waals surface area contributed by atoms with E-state index in [2.05, 4.69) is 5.32 Å². The minimum absolute atomic E-state index is 0.158. The Hall–Kier alpha value is -1.14. The van der Waals surface area contributed by atoms with E-state index in [1.54, 1.807) is 0 Å². The number of hydrogen-bond donors (Lipinski definition) is 4. The average Bonchev–Trinajstić information content (AvgIpc) is 2.24. The van der Waals surface area contributed by atoms with Gasteiger partial charge < -0.3 is 22.5 Å². The third-order valence-corrected chi connectivity index (χ3v) is 2.23. The number of hydrogen-bond acceptors (Lipinski definition) is 4. The van der Waals surface area contributed by atoms with E-state index in [1.807, 2.05) is 0 Å². The van der Waals surface area contributed by atoms with Crippen molar-refractivity contribution in [2.45, 2.75) is 38.1 Å². The summed E-state index contributed by atoms with van der Waals surface area (Å²) in [5.74, 6) is -0.671. The van der Waals surface area contributed by atoms with Crippen molar-refractivity contribution in [1.29, 1.82) is 0 Å². The molecule has 0 aliphatic heterocycles. The molecule has 7 N–H and O–H groups in total. The molecule has 0 aromatic rings. The number of nitrogens with two attached hydrogens (primary N) is 3. The Morgan fingerprint density at radius 2 is 1.69 bits per heavy atom. The quantitative estimate of drug-likeness (QED) is 0.372. The second-order valence-electron chi connectivity index (χ2n) is 3.70. The Kier molecular flexibility index (Phi) is 8.46. The molecule has 0 saturated heterocycles. The van der Waals surface area contributed by atoms with Gasteiger partial charge in [0.05, 0.1) is 0 Å². The van der Waals surface area contributed by atoms with Crippen molar-refractivity contribution in [1.82, 2.24) is 5.32 Å². The lowest BCUT2D eigenvalue weighted by Crippen LogP contribution is -2.44. The first-order chi connectivity index (χ1) is 7.61. The molecule has 0 bridgehead atoms. The smallest absolute Gasteiger partial charge is 0.240 e. The number of nitrogens with one attached hydrogen (secondary N) is 1. The summed E-state index contributed by atoms with van der Waals surface area (Å²) < 4.78 is 0. The predicted octanol–water partition coefficient (Wildman–Crippen LogP) is -1.18. The molecule has 0 saturated carbocycles. The summed E-state index contributed by atoms with van der Waals surface area (Å²) in [4.78, 5) is 22.4. The SMILES string of the molecule is NCCCCC(=O)NC(CCCN)C(N)=O. The fourth-order valence-electron chi connectivity index (χ4n) is 1.30. The highest BCUT2D eigenvalue weighted by molar-refractivity contribution is 5.86. The maximum Gasteiger partial charge on any atom is 0.240 e. The van der Waals surface area contributed by atoms with Crippen LogP contribution in [-0.2, 0) is 9.59 Å². The van der Waals surface area contributed by atoms with Crippen molar-refractivity contribution in [2.75, 3.05) is 13.1 Å². The van der Waals surface area contributed by atoms with E-state index in [0.29, 0.717) is 32.4 Å².